The van der Waals surface area contributed by atoms with Crippen molar-refractivity contribution in [1.82, 2.24) is 0 Å². The molecule has 0 saturated carbocycles. The molecule has 6 heteroatoms. The molecule has 1 aliphatic heterocycles. The van der Waals surface area contributed by atoms with E-state index in [1.54, 1.807) is 18.2 Å². The smallest absolute Gasteiger partial charge is 0.282 e. The quantitative estimate of drug-likeness (QED) is 0.604. The van der Waals surface area contributed by atoms with E-state index in [1.165, 1.54) is 31.4 Å². The van der Waals surface area contributed by atoms with Crippen LogP contribution in [0, 0.1) is 19.7 Å². The van der Waals surface area contributed by atoms with E-state index < -0.39 is 17.6 Å². The maximum atomic E-state index is 13.8. The number of imide groups is 1. The van der Waals surface area contributed by atoms with Crippen molar-refractivity contribution in [3.63, 3.8) is 0 Å². The number of rotatable bonds is 5. The number of aryl methyl sites for hydroxylation is 2. The van der Waals surface area contributed by atoms with Crippen molar-refractivity contribution in [2.45, 2.75) is 13.8 Å². The average Bonchev–Trinajstić information content (AvgIpc) is 2.98. The first-order valence-electron chi connectivity index (χ1n) is 9.76. The Hall–Kier alpha value is -3.93. The zero-order valence-electron chi connectivity index (χ0n) is 17.4. The fourth-order valence-electron chi connectivity index (χ4n) is 3.54. The highest BCUT2D eigenvalue weighted by molar-refractivity contribution is 6.46. The Morgan fingerprint density at radius 2 is 1.58 bits per heavy atom. The van der Waals surface area contributed by atoms with Crippen LogP contribution in [0.25, 0.3) is 5.57 Å². The number of nitrogens with zero attached hydrogens (tertiary/aromatic N) is 1. The van der Waals surface area contributed by atoms with Crippen molar-refractivity contribution >= 4 is 28.8 Å². The summed E-state index contributed by atoms with van der Waals surface area (Å²) in [6.07, 6.45) is 0. The standard InChI is InChI=1S/C25H21FN2O3/c1-15-7-10-17(11-8-15)22-23(27-20-13-16(2)9-12-21(20)31-3)25(30)28(24(22)29)19-6-4-5-18(26)14-19/h4-14,27H,1-3H3. The number of carbonyl (C=O) groups is 2. The molecule has 0 fully saturated rings. The Labute approximate surface area is 179 Å². The van der Waals surface area contributed by atoms with Crippen LogP contribution in [0.2, 0.25) is 0 Å². The number of nitrogens with one attached hydrogen (secondary N) is 1. The normalized spacial score (nSPS) is 13.7. The van der Waals surface area contributed by atoms with Crippen molar-refractivity contribution in [3.8, 4) is 5.75 Å². The minimum atomic E-state index is -0.560. The summed E-state index contributed by atoms with van der Waals surface area (Å²) in [5, 5.41) is 3.11. The van der Waals surface area contributed by atoms with E-state index in [4.69, 9.17) is 4.74 Å². The highest BCUT2D eigenvalue weighted by Gasteiger charge is 2.40. The van der Waals surface area contributed by atoms with Crippen molar-refractivity contribution in [2.24, 2.45) is 0 Å². The van der Waals surface area contributed by atoms with Crippen molar-refractivity contribution < 1.29 is 18.7 Å². The number of hydrogen-bond acceptors (Lipinski definition) is 4. The van der Waals surface area contributed by atoms with Crippen LogP contribution < -0.4 is 15.0 Å². The van der Waals surface area contributed by atoms with Crippen molar-refractivity contribution in [3.05, 3.63) is 94.9 Å². The number of hydrogen-bond donors (Lipinski definition) is 1. The molecule has 1 aliphatic rings. The monoisotopic (exact) mass is 416 g/mol. The zero-order valence-corrected chi connectivity index (χ0v) is 17.4. The van der Waals surface area contributed by atoms with Gasteiger partial charge in [-0.05, 0) is 55.3 Å². The molecule has 31 heavy (non-hydrogen) atoms. The number of ether oxygens (including phenoxy) is 1. The summed E-state index contributed by atoms with van der Waals surface area (Å²) in [5.74, 6) is -1.08. The summed E-state index contributed by atoms with van der Waals surface area (Å²) < 4.78 is 19.2. The van der Waals surface area contributed by atoms with E-state index in [0.29, 0.717) is 17.0 Å². The van der Waals surface area contributed by atoms with Gasteiger partial charge in [-0.2, -0.15) is 0 Å². The van der Waals surface area contributed by atoms with Crippen LogP contribution in [-0.4, -0.2) is 18.9 Å². The molecule has 1 N–H and O–H groups in total. The predicted molar refractivity (Wildman–Crippen MR) is 118 cm³/mol. The topological polar surface area (TPSA) is 58.6 Å². The van der Waals surface area contributed by atoms with Gasteiger partial charge in [0.05, 0.1) is 24.1 Å². The van der Waals surface area contributed by atoms with Gasteiger partial charge >= 0.3 is 0 Å². The van der Waals surface area contributed by atoms with E-state index in [0.717, 1.165) is 16.0 Å². The third kappa shape index (κ3) is 3.80. The van der Waals surface area contributed by atoms with Gasteiger partial charge in [-0.1, -0.05) is 42.0 Å². The Morgan fingerprint density at radius 1 is 0.871 bits per heavy atom. The molecule has 0 bridgehead atoms. The van der Waals surface area contributed by atoms with Crippen LogP contribution in [0.1, 0.15) is 16.7 Å². The first-order chi connectivity index (χ1) is 14.9. The van der Waals surface area contributed by atoms with Crippen molar-refractivity contribution in [2.75, 3.05) is 17.3 Å². The molecule has 1 heterocycles. The van der Waals surface area contributed by atoms with Gasteiger partial charge in [0.15, 0.2) is 0 Å². The lowest BCUT2D eigenvalue weighted by atomic mass is 10.0. The minimum Gasteiger partial charge on any atom is -0.495 e. The maximum Gasteiger partial charge on any atom is 0.282 e. The van der Waals surface area contributed by atoms with E-state index >= 15 is 0 Å². The van der Waals surface area contributed by atoms with Crippen LogP contribution in [-0.2, 0) is 9.59 Å². The van der Waals surface area contributed by atoms with Gasteiger partial charge < -0.3 is 10.1 Å². The second kappa shape index (κ2) is 8.07. The summed E-state index contributed by atoms with van der Waals surface area (Å²) in [6, 6.07) is 18.3. The number of methoxy groups -OCH3 is 1. The van der Waals surface area contributed by atoms with Gasteiger partial charge in [-0.15, -0.1) is 0 Å². The largest absolute Gasteiger partial charge is 0.495 e. The van der Waals surface area contributed by atoms with Crippen LogP contribution in [0.3, 0.4) is 0 Å². The molecular weight excluding hydrogens is 395 g/mol. The molecule has 0 saturated heterocycles. The summed E-state index contributed by atoms with van der Waals surface area (Å²) in [4.78, 5) is 27.8. The fourth-order valence-corrected chi connectivity index (χ4v) is 3.54. The van der Waals surface area contributed by atoms with Gasteiger partial charge in [0.1, 0.15) is 17.3 Å². The molecule has 2 amide bonds. The van der Waals surface area contributed by atoms with Crippen LogP contribution in [0.5, 0.6) is 5.75 Å². The van der Waals surface area contributed by atoms with Crippen molar-refractivity contribution in [1.29, 1.82) is 0 Å². The predicted octanol–water partition coefficient (Wildman–Crippen LogP) is 4.85. The summed E-state index contributed by atoms with van der Waals surface area (Å²) in [7, 11) is 1.53. The van der Waals surface area contributed by atoms with Crippen LogP contribution >= 0.6 is 0 Å². The fraction of sp³-hybridized carbons (Fsp3) is 0.120. The Morgan fingerprint density at radius 3 is 2.26 bits per heavy atom. The number of benzene rings is 3. The van der Waals surface area contributed by atoms with E-state index in [-0.39, 0.29) is 17.0 Å². The van der Waals surface area contributed by atoms with E-state index in [2.05, 4.69) is 5.32 Å². The van der Waals surface area contributed by atoms with Gasteiger partial charge in [0, 0.05) is 0 Å². The average molecular weight is 416 g/mol. The first-order valence-corrected chi connectivity index (χ1v) is 9.76. The summed E-state index contributed by atoms with van der Waals surface area (Å²) >= 11 is 0. The minimum absolute atomic E-state index is 0.113. The molecule has 5 nitrogen and oxygen atoms in total. The molecule has 0 atom stereocenters. The second-order valence-corrected chi connectivity index (χ2v) is 7.37. The number of amides is 2. The Balaban J connectivity index is 1.86. The Bertz CT molecular complexity index is 1220. The maximum absolute atomic E-state index is 13.8. The molecule has 4 rings (SSSR count). The highest BCUT2D eigenvalue weighted by Crippen LogP contribution is 2.36. The molecule has 156 valence electrons. The van der Waals surface area contributed by atoms with Gasteiger partial charge in [-0.3, -0.25) is 9.59 Å². The van der Waals surface area contributed by atoms with Gasteiger partial charge in [0.2, 0.25) is 0 Å². The summed E-state index contributed by atoms with van der Waals surface area (Å²) in [5.41, 5.74) is 3.64. The van der Waals surface area contributed by atoms with Gasteiger partial charge in [0.25, 0.3) is 11.8 Å². The van der Waals surface area contributed by atoms with Gasteiger partial charge in [-0.25, -0.2) is 9.29 Å². The van der Waals surface area contributed by atoms with E-state index in [1.807, 2.05) is 38.1 Å². The Kier molecular flexibility index (Phi) is 5.29. The lowest BCUT2D eigenvalue weighted by molar-refractivity contribution is -0.120. The van der Waals surface area contributed by atoms with Crippen LogP contribution in [0.4, 0.5) is 15.8 Å². The molecule has 0 aliphatic carbocycles. The van der Waals surface area contributed by atoms with Crippen LogP contribution in [0.15, 0.2) is 72.4 Å². The second-order valence-electron chi connectivity index (χ2n) is 7.37. The lowest BCUT2D eigenvalue weighted by Crippen LogP contribution is -2.32. The molecular formula is C25H21FN2O3. The highest BCUT2D eigenvalue weighted by atomic mass is 19.1. The summed E-state index contributed by atoms with van der Waals surface area (Å²) in [6.45, 7) is 3.86. The molecule has 3 aromatic carbocycles. The molecule has 0 aromatic heterocycles. The molecule has 0 unspecified atom stereocenters. The first kappa shape index (κ1) is 20.3. The third-order valence-electron chi connectivity index (χ3n) is 5.11. The molecule has 0 radical (unpaired) electrons. The third-order valence-corrected chi connectivity index (χ3v) is 5.11. The SMILES string of the molecule is COc1ccc(C)cc1NC1=C(c2ccc(C)cc2)C(=O)N(c2cccc(F)c2)C1=O. The molecule has 0 spiro atoms. The number of anilines is 2. The number of carbonyl (C=O) groups excluding carboxylic acids is 2. The van der Waals surface area contributed by atoms with E-state index in [9.17, 15) is 14.0 Å². The number of halogens is 1. The zero-order chi connectivity index (χ0) is 22.1. The lowest BCUT2D eigenvalue weighted by Gasteiger charge is -2.16. The molecule has 3 aromatic rings.